The predicted molar refractivity (Wildman–Crippen MR) is 140 cm³/mol. The monoisotopic (exact) mass is 517 g/mol. The fraction of sp³-hybridized carbons (Fsp3) is 0.269. The summed E-state index contributed by atoms with van der Waals surface area (Å²) < 4.78 is 18.0. The number of fused-ring (bicyclic) bond motifs is 1. The molecule has 5 aromatic rings. The lowest BCUT2D eigenvalue weighted by molar-refractivity contribution is 0.289. The van der Waals surface area contributed by atoms with Crippen LogP contribution in [0.1, 0.15) is 24.4 Å². The molecule has 1 aliphatic heterocycles. The van der Waals surface area contributed by atoms with E-state index in [4.69, 9.17) is 11.6 Å². The number of halogens is 2. The first-order chi connectivity index (χ1) is 18.0. The van der Waals surface area contributed by atoms with Crippen molar-refractivity contribution in [2.45, 2.75) is 18.9 Å². The van der Waals surface area contributed by atoms with Crippen LogP contribution in [0, 0.1) is 5.82 Å². The Morgan fingerprint density at radius 3 is 2.70 bits per heavy atom. The van der Waals surface area contributed by atoms with E-state index in [1.54, 1.807) is 23.1 Å². The summed E-state index contributed by atoms with van der Waals surface area (Å²) in [5.74, 6) is 0.829. The first kappa shape index (κ1) is 23.5. The van der Waals surface area contributed by atoms with Crippen LogP contribution in [0.25, 0.3) is 22.3 Å². The molecule has 2 aromatic carbocycles. The van der Waals surface area contributed by atoms with E-state index >= 15 is 0 Å². The van der Waals surface area contributed by atoms with Crippen molar-refractivity contribution in [2.24, 2.45) is 7.05 Å². The molecule has 4 heterocycles. The Morgan fingerprint density at radius 2 is 1.92 bits per heavy atom. The van der Waals surface area contributed by atoms with E-state index in [1.165, 1.54) is 18.9 Å². The summed E-state index contributed by atoms with van der Waals surface area (Å²) in [5, 5.41) is 16.4. The Labute approximate surface area is 217 Å². The van der Waals surface area contributed by atoms with E-state index in [0.717, 1.165) is 53.3 Å². The number of aryl methyl sites for hydroxylation is 1. The lowest BCUT2D eigenvalue weighted by Gasteiger charge is -2.24. The maximum Gasteiger partial charge on any atom is 0.228 e. The van der Waals surface area contributed by atoms with Crippen LogP contribution in [0.3, 0.4) is 0 Å². The van der Waals surface area contributed by atoms with Crippen LogP contribution in [-0.4, -0.2) is 59.3 Å². The number of anilines is 2. The largest absolute Gasteiger partial charge is 0.309 e. The van der Waals surface area contributed by atoms with E-state index in [9.17, 15) is 4.39 Å². The summed E-state index contributed by atoms with van der Waals surface area (Å²) in [5.41, 5.74) is 4.06. The van der Waals surface area contributed by atoms with Crippen molar-refractivity contribution in [2.75, 3.05) is 25.0 Å². The molecule has 0 saturated carbocycles. The topological polar surface area (TPSA) is 89.6 Å². The summed E-state index contributed by atoms with van der Waals surface area (Å²) in [6.07, 6.45) is 5.75. The molecule has 9 nitrogen and oxygen atoms in total. The third kappa shape index (κ3) is 4.77. The van der Waals surface area contributed by atoms with Gasteiger partial charge in [-0.2, -0.15) is 5.10 Å². The zero-order chi connectivity index (χ0) is 25.4. The van der Waals surface area contributed by atoms with Gasteiger partial charge in [0, 0.05) is 31.4 Å². The number of benzene rings is 2. The molecule has 0 aliphatic carbocycles. The quantitative estimate of drug-likeness (QED) is 0.330. The van der Waals surface area contributed by atoms with Crippen molar-refractivity contribution in [3.63, 3.8) is 0 Å². The second-order valence-corrected chi connectivity index (χ2v) is 9.57. The number of likely N-dealkylation sites (tertiary alicyclic amines) is 1. The van der Waals surface area contributed by atoms with Gasteiger partial charge in [0.05, 0.1) is 28.5 Å². The number of rotatable bonds is 7. The normalized spacial score (nSPS) is 14.9. The molecule has 1 aliphatic rings. The first-order valence-corrected chi connectivity index (χ1v) is 12.5. The predicted octanol–water partition coefficient (Wildman–Crippen LogP) is 4.84. The smallest absolute Gasteiger partial charge is 0.228 e. The van der Waals surface area contributed by atoms with Gasteiger partial charge in [0.2, 0.25) is 5.95 Å². The van der Waals surface area contributed by atoms with Gasteiger partial charge in [-0.1, -0.05) is 28.9 Å². The lowest BCUT2D eigenvalue weighted by atomic mass is 10.1. The minimum absolute atomic E-state index is 0.110. The van der Waals surface area contributed by atoms with Gasteiger partial charge in [-0.05, 0) is 61.8 Å². The average molecular weight is 518 g/mol. The lowest BCUT2D eigenvalue weighted by Crippen LogP contribution is -2.30. The molecule has 0 spiro atoms. The highest BCUT2D eigenvalue weighted by molar-refractivity contribution is 6.30. The minimum Gasteiger partial charge on any atom is -0.309 e. The second-order valence-electron chi connectivity index (χ2n) is 9.17. The first-order valence-electron chi connectivity index (χ1n) is 12.2. The molecule has 1 unspecified atom stereocenters. The van der Waals surface area contributed by atoms with Gasteiger partial charge in [0.15, 0.2) is 0 Å². The Kier molecular flexibility index (Phi) is 6.27. The molecular formula is C26H25ClFN9. The van der Waals surface area contributed by atoms with Crippen LogP contribution in [-0.2, 0) is 7.05 Å². The summed E-state index contributed by atoms with van der Waals surface area (Å²) in [6, 6.07) is 14.4. The number of hydrogen-bond acceptors (Lipinski definition) is 7. The average Bonchev–Trinajstić information content (AvgIpc) is 3.66. The van der Waals surface area contributed by atoms with Gasteiger partial charge in [-0.25, -0.2) is 19.0 Å². The Balaban J connectivity index is 1.34. The third-order valence-corrected chi connectivity index (χ3v) is 7.04. The van der Waals surface area contributed by atoms with Crippen molar-refractivity contribution < 1.29 is 4.39 Å². The molecule has 188 valence electrons. The zero-order valence-electron chi connectivity index (χ0n) is 20.2. The molecule has 1 atom stereocenters. The summed E-state index contributed by atoms with van der Waals surface area (Å²) in [6.45, 7) is 2.76. The maximum atomic E-state index is 14.4. The standard InChI is InChI=1S/C26H25ClFN9/c1-35-25(9-11-30-35)32-26-29-10-8-21(31-26)17-5-7-23-22(15-17)33-34-37(23)24(16-36-12-2-3-13-36)18-4-6-19(27)20(28)14-18/h4-11,14-15,24H,2-3,12-13,16H2,1H3,(H,29,31,32). The van der Waals surface area contributed by atoms with Crippen LogP contribution in [0.15, 0.2) is 60.9 Å². The van der Waals surface area contributed by atoms with Crippen molar-refractivity contribution in [3.8, 4) is 11.3 Å². The van der Waals surface area contributed by atoms with Gasteiger partial charge in [-0.15, -0.1) is 5.10 Å². The minimum atomic E-state index is -0.434. The molecule has 11 heteroatoms. The molecule has 1 fully saturated rings. The molecule has 37 heavy (non-hydrogen) atoms. The molecule has 0 amide bonds. The maximum absolute atomic E-state index is 14.4. The number of aromatic nitrogens is 7. The van der Waals surface area contributed by atoms with E-state index in [1.807, 2.05) is 48.1 Å². The van der Waals surface area contributed by atoms with E-state index < -0.39 is 5.82 Å². The molecule has 1 N–H and O–H groups in total. The number of nitrogens with zero attached hydrogens (tertiary/aromatic N) is 8. The van der Waals surface area contributed by atoms with E-state index in [-0.39, 0.29) is 11.1 Å². The van der Waals surface area contributed by atoms with Crippen LogP contribution in [0.5, 0.6) is 0 Å². The van der Waals surface area contributed by atoms with Crippen molar-refractivity contribution in [1.82, 2.24) is 39.6 Å². The van der Waals surface area contributed by atoms with Crippen LogP contribution in [0.2, 0.25) is 5.02 Å². The highest BCUT2D eigenvalue weighted by Crippen LogP contribution is 2.29. The van der Waals surface area contributed by atoms with Crippen LogP contribution in [0.4, 0.5) is 16.2 Å². The number of hydrogen-bond donors (Lipinski definition) is 1. The van der Waals surface area contributed by atoms with Crippen LogP contribution < -0.4 is 5.32 Å². The zero-order valence-corrected chi connectivity index (χ0v) is 21.0. The highest BCUT2D eigenvalue weighted by atomic mass is 35.5. The van der Waals surface area contributed by atoms with Crippen molar-refractivity contribution >= 4 is 34.4 Å². The SMILES string of the molecule is Cn1nccc1Nc1nccc(-c2ccc3c(c2)nnn3C(CN2CCCC2)c2ccc(Cl)c(F)c2)n1. The van der Waals surface area contributed by atoms with Gasteiger partial charge < -0.3 is 10.2 Å². The van der Waals surface area contributed by atoms with Gasteiger partial charge in [-0.3, -0.25) is 4.68 Å². The summed E-state index contributed by atoms with van der Waals surface area (Å²) in [7, 11) is 1.85. The summed E-state index contributed by atoms with van der Waals surface area (Å²) >= 11 is 5.97. The van der Waals surface area contributed by atoms with Gasteiger partial charge in [0.1, 0.15) is 17.2 Å². The second kappa shape index (κ2) is 9.87. The van der Waals surface area contributed by atoms with Crippen LogP contribution >= 0.6 is 11.6 Å². The van der Waals surface area contributed by atoms with E-state index in [2.05, 4.69) is 35.6 Å². The molecule has 6 rings (SSSR count). The Bertz CT molecular complexity index is 1560. The van der Waals surface area contributed by atoms with Crippen molar-refractivity contribution in [1.29, 1.82) is 0 Å². The fourth-order valence-corrected chi connectivity index (χ4v) is 4.89. The highest BCUT2D eigenvalue weighted by Gasteiger charge is 2.24. The van der Waals surface area contributed by atoms with Gasteiger partial charge in [0.25, 0.3) is 0 Å². The Morgan fingerprint density at radius 1 is 1.05 bits per heavy atom. The molecule has 1 saturated heterocycles. The van der Waals surface area contributed by atoms with Crippen molar-refractivity contribution in [3.05, 3.63) is 77.3 Å². The molecule has 3 aromatic heterocycles. The summed E-state index contributed by atoms with van der Waals surface area (Å²) in [4.78, 5) is 11.4. The fourth-order valence-electron chi connectivity index (χ4n) is 4.78. The van der Waals surface area contributed by atoms with E-state index in [0.29, 0.717) is 5.95 Å². The molecule has 0 bridgehead atoms. The molecule has 0 radical (unpaired) electrons. The Hall–Kier alpha value is -3.89. The molecular weight excluding hydrogens is 493 g/mol. The third-order valence-electron chi connectivity index (χ3n) is 6.74. The van der Waals surface area contributed by atoms with Gasteiger partial charge >= 0.3 is 0 Å². The number of nitrogens with one attached hydrogen (secondary N) is 1.